The molecule has 1 amide bonds. The summed E-state index contributed by atoms with van der Waals surface area (Å²) >= 11 is 0. The summed E-state index contributed by atoms with van der Waals surface area (Å²) in [4.78, 5) is 28.5. The first-order valence-corrected chi connectivity index (χ1v) is 8.25. The lowest BCUT2D eigenvalue weighted by atomic mass is 10.1. The summed E-state index contributed by atoms with van der Waals surface area (Å²) in [6.45, 7) is 3.62. The first-order valence-electron chi connectivity index (χ1n) is 8.25. The van der Waals surface area contributed by atoms with Gasteiger partial charge in [-0.1, -0.05) is 0 Å². The van der Waals surface area contributed by atoms with E-state index in [0.29, 0.717) is 17.2 Å². The van der Waals surface area contributed by atoms with E-state index in [0.717, 1.165) is 0 Å². The molecular formula is C18H19N3O6. The van der Waals surface area contributed by atoms with Crippen LogP contribution in [-0.2, 0) is 4.79 Å². The van der Waals surface area contributed by atoms with Crippen molar-refractivity contribution in [3.63, 3.8) is 0 Å². The predicted octanol–water partition coefficient (Wildman–Crippen LogP) is 2.58. The fourth-order valence-electron chi connectivity index (χ4n) is 2.67. The molecule has 0 radical (unpaired) electrons. The summed E-state index contributed by atoms with van der Waals surface area (Å²) < 4.78 is 16.4. The number of ether oxygens (including phenoxy) is 3. The maximum Gasteiger partial charge on any atom is 0.366 e. The van der Waals surface area contributed by atoms with Gasteiger partial charge in [0.15, 0.2) is 11.4 Å². The van der Waals surface area contributed by atoms with Gasteiger partial charge in [0.05, 0.1) is 13.7 Å². The fourth-order valence-corrected chi connectivity index (χ4v) is 2.67. The summed E-state index contributed by atoms with van der Waals surface area (Å²) in [5.74, 6) is 1.05. The number of nitro groups is 1. The number of pyridine rings is 1. The van der Waals surface area contributed by atoms with Crippen LogP contribution in [0.15, 0.2) is 36.4 Å². The molecule has 0 N–H and O–H groups in total. The molecule has 0 saturated heterocycles. The number of carbonyl (C=O) groups is 1. The normalized spacial score (nSPS) is 14.9. The second-order valence-electron chi connectivity index (χ2n) is 6.34. The van der Waals surface area contributed by atoms with Crippen molar-refractivity contribution in [1.82, 2.24) is 4.98 Å². The molecule has 9 heteroatoms. The van der Waals surface area contributed by atoms with E-state index in [9.17, 15) is 14.9 Å². The van der Waals surface area contributed by atoms with Crippen LogP contribution in [-0.4, -0.2) is 41.7 Å². The molecule has 0 aliphatic carbocycles. The lowest BCUT2D eigenvalue weighted by molar-refractivity contribution is -0.389. The van der Waals surface area contributed by atoms with Gasteiger partial charge in [-0.15, -0.1) is 0 Å². The molecule has 0 fully saturated rings. The van der Waals surface area contributed by atoms with Crippen molar-refractivity contribution in [1.29, 1.82) is 0 Å². The molecule has 0 atom stereocenters. The molecule has 2 heterocycles. The van der Waals surface area contributed by atoms with Gasteiger partial charge < -0.3 is 24.3 Å². The zero-order valence-corrected chi connectivity index (χ0v) is 15.2. The molecule has 142 valence electrons. The Labute approximate surface area is 155 Å². The highest BCUT2D eigenvalue weighted by Gasteiger charge is 2.44. The summed E-state index contributed by atoms with van der Waals surface area (Å²) in [7, 11) is 1.57. The molecule has 9 nitrogen and oxygen atoms in total. The summed E-state index contributed by atoms with van der Waals surface area (Å²) in [6, 6.07) is 9.72. The quantitative estimate of drug-likeness (QED) is 0.566. The Kier molecular flexibility index (Phi) is 4.85. The van der Waals surface area contributed by atoms with E-state index in [2.05, 4.69) is 4.98 Å². The highest BCUT2D eigenvalue weighted by atomic mass is 16.6. The Morgan fingerprint density at radius 1 is 1.19 bits per heavy atom. The van der Waals surface area contributed by atoms with Crippen LogP contribution in [0.3, 0.4) is 0 Å². The molecule has 1 aromatic carbocycles. The van der Waals surface area contributed by atoms with Gasteiger partial charge in [0.2, 0.25) is 0 Å². The minimum absolute atomic E-state index is 0.117. The first kappa shape index (κ1) is 18.4. The van der Waals surface area contributed by atoms with Crippen molar-refractivity contribution in [2.24, 2.45) is 0 Å². The number of anilines is 1. The van der Waals surface area contributed by atoms with E-state index in [1.807, 2.05) is 0 Å². The van der Waals surface area contributed by atoms with Gasteiger partial charge in [0.1, 0.15) is 18.1 Å². The fraction of sp³-hybridized carbons (Fsp3) is 0.333. The van der Waals surface area contributed by atoms with Crippen molar-refractivity contribution < 1.29 is 23.9 Å². The summed E-state index contributed by atoms with van der Waals surface area (Å²) in [5.41, 5.74) is -1.11. The smallest absolute Gasteiger partial charge is 0.366 e. The average molecular weight is 373 g/mol. The lowest BCUT2D eigenvalue weighted by Crippen LogP contribution is -2.53. The van der Waals surface area contributed by atoms with Crippen molar-refractivity contribution in [2.75, 3.05) is 25.2 Å². The Morgan fingerprint density at radius 2 is 1.85 bits per heavy atom. The van der Waals surface area contributed by atoms with Crippen LogP contribution in [0.5, 0.6) is 17.2 Å². The van der Waals surface area contributed by atoms with Crippen molar-refractivity contribution in [3.05, 3.63) is 46.5 Å². The number of aromatic nitrogens is 1. The number of hydrogen-bond donors (Lipinski definition) is 0. The Bertz CT molecular complexity index is 866. The van der Waals surface area contributed by atoms with E-state index in [4.69, 9.17) is 14.2 Å². The molecule has 0 saturated carbocycles. The lowest BCUT2D eigenvalue weighted by Gasteiger charge is -2.35. The number of fused-ring (bicyclic) bond motifs is 1. The van der Waals surface area contributed by atoms with Gasteiger partial charge in [0.25, 0.3) is 11.7 Å². The Morgan fingerprint density at radius 3 is 2.48 bits per heavy atom. The van der Waals surface area contributed by atoms with Crippen molar-refractivity contribution in [3.8, 4) is 17.2 Å². The molecule has 0 spiro atoms. The van der Waals surface area contributed by atoms with Gasteiger partial charge >= 0.3 is 5.82 Å². The van der Waals surface area contributed by atoms with Crippen LogP contribution in [0.2, 0.25) is 0 Å². The third-order valence-electron chi connectivity index (χ3n) is 4.04. The average Bonchev–Trinajstić information content (AvgIpc) is 2.64. The van der Waals surface area contributed by atoms with Crippen LogP contribution in [0.25, 0.3) is 0 Å². The molecule has 1 aliphatic rings. The number of nitrogens with zero attached hydrogens (tertiary/aromatic N) is 3. The van der Waals surface area contributed by atoms with Crippen LogP contribution in [0.4, 0.5) is 11.6 Å². The van der Waals surface area contributed by atoms with E-state index < -0.39 is 10.5 Å². The van der Waals surface area contributed by atoms with Crippen LogP contribution < -0.4 is 19.1 Å². The second-order valence-corrected chi connectivity index (χ2v) is 6.34. The number of rotatable bonds is 6. The highest BCUT2D eigenvalue weighted by Crippen LogP contribution is 2.37. The standard InChI is InChI=1S/C18H19N3O6/c1-18(2)17(22)20(10-11-26-13-6-4-12(25-3)5-7-13)16-14(27-18)8-9-15(19-16)21(23)24/h4-9H,10-11H2,1-3H3. The monoisotopic (exact) mass is 373 g/mol. The van der Waals surface area contributed by atoms with Gasteiger partial charge in [-0.2, -0.15) is 0 Å². The van der Waals surface area contributed by atoms with Crippen LogP contribution >= 0.6 is 0 Å². The third kappa shape index (κ3) is 3.76. The second kappa shape index (κ2) is 7.10. The van der Waals surface area contributed by atoms with E-state index in [1.165, 1.54) is 17.0 Å². The number of carbonyl (C=O) groups excluding carboxylic acids is 1. The molecular weight excluding hydrogens is 354 g/mol. The number of hydrogen-bond acceptors (Lipinski definition) is 7. The largest absolute Gasteiger partial charge is 0.497 e. The summed E-state index contributed by atoms with van der Waals surface area (Å²) in [6.07, 6.45) is 0. The zero-order valence-electron chi connectivity index (χ0n) is 15.2. The van der Waals surface area contributed by atoms with E-state index in [-0.39, 0.29) is 30.7 Å². The minimum Gasteiger partial charge on any atom is -0.497 e. The maximum absolute atomic E-state index is 12.7. The van der Waals surface area contributed by atoms with Crippen molar-refractivity contribution >= 4 is 17.5 Å². The van der Waals surface area contributed by atoms with Crippen LogP contribution in [0, 0.1) is 10.1 Å². The van der Waals surface area contributed by atoms with Gasteiger partial charge in [-0.25, -0.2) is 0 Å². The zero-order chi connectivity index (χ0) is 19.6. The Balaban J connectivity index is 1.79. The van der Waals surface area contributed by atoms with Gasteiger partial charge in [-0.3, -0.25) is 9.69 Å². The molecule has 27 heavy (non-hydrogen) atoms. The molecule has 2 aromatic rings. The first-order chi connectivity index (χ1) is 12.8. The third-order valence-corrected chi connectivity index (χ3v) is 4.04. The number of benzene rings is 1. The van der Waals surface area contributed by atoms with Crippen LogP contribution in [0.1, 0.15) is 13.8 Å². The molecule has 3 rings (SSSR count). The molecule has 1 aliphatic heterocycles. The molecule has 1 aromatic heterocycles. The van der Waals surface area contributed by atoms with E-state index in [1.54, 1.807) is 45.2 Å². The predicted molar refractivity (Wildman–Crippen MR) is 96.4 cm³/mol. The van der Waals surface area contributed by atoms with Gasteiger partial charge in [-0.05, 0) is 54.1 Å². The molecule has 0 unspecified atom stereocenters. The number of amides is 1. The number of methoxy groups -OCH3 is 1. The molecule has 0 bridgehead atoms. The maximum atomic E-state index is 12.7. The van der Waals surface area contributed by atoms with E-state index >= 15 is 0 Å². The van der Waals surface area contributed by atoms with Gasteiger partial charge in [0, 0.05) is 6.07 Å². The topological polar surface area (TPSA) is 104 Å². The Hall–Kier alpha value is -3.36. The van der Waals surface area contributed by atoms with Crippen molar-refractivity contribution in [2.45, 2.75) is 19.4 Å². The minimum atomic E-state index is -1.11. The highest BCUT2D eigenvalue weighted by molar-refractivity contribution is 6.01. The SMILES string of the molecule is COc1ccc(OCCN2C(=O)C(C)(C)Oc3ccc([N+](=O)[O-])nc32)cc1. The summed E-state index contributed by atoms with van der Waals surface area (Å²) in [5, 5.41) is 11.0.